The SMILES string of the molecule is COC(=O)CC1=CC(SCC(=O)c2cc(OC)ccc2OC)=Nc2ccccc2N1. The van der Waals surface area contributed by atoms with Crippen LogP contribution in [0.5, 0.6) is 11.5 Å². The summed E-state index contributed by atoms with van der Waals surface area (Å²) >= 11 is 1.28. The van der Waals surface area contributed by atoms with Gasteiger partial charge in [0.25, 0.3) is 0 Å². The number of methoxy groups -OCH3 is 3. The molecule has 0 aromatic heterocycles. The zero-order valence-corrected chi connectivity index (χ0v) is 17.7. The number of thioether (sulfide) groups is 1. The number of anilines is 1. The predicted octanol–water partition coefficient (Wildman–Crippen LogP) is 4.22. The van der Waals surface area contributed by atoms with Gasteiger partial charge < -0.3 is 19.5 Å². The molecule has 0 saturated carbocycles. The zero-order valence-electron chi connectivity index (χ0n) is 16.9. The molecule has 0 unspecified atom stereocenters. The number of hydrogen-bond donors (Lipinski definition) is 1. The molecule has 0 aliphatic carbocycles. The number of ether oxygens (including phenoxy) is 3. The van der Waals surface area contributed by atoms with Gasteiger partial charge in [-0.25, -0.2) is 4.99 Å². The number of aliphatic imine (C=N–C) groups is 1. The van der Waals surface area contributed by atoms with Gasteiger partial charge in [0.1, 0.15) is 11.5 Å². The average molecular weight is 426 g/mol. The Balaban J connectivity index is 1.83. The number of carbonyl (C=O) groups is 2. The van der Waals surface area contributed by atoms with Gasteiger partial charge in [-0.2, -0.15) is 0 Å². The molecule has 2 aromatic rings. The van der Waals surface area contributed by atoms with Crippen molar-refractivity contribution in [3.63, 3.8) is 0 Å². The van der Waals surface area contributed by atoms with Crippen LogP contribution in [0.2, 0.25) is 0 Å². The van der Waals surface area contributed by atoms with Crippen molar-refractivity contribution < 1.29 is 23.8 Å². The van der Waals surface area contributed by atoms with Crippen LogP contribution < -0.4 is 14.8 Å². The summed E-state index contributed by atoms with van der Waals surface area (Å²) in [6.45, 7) is 0. The van der Waals surface area contributed by atoms with Gasteiger partial charge >= 0.3 is 5.97 Å². The maximum absolute atomic E-state index is 12.9. The second-order valence-electron chi connectivity index (χ2n) is 6.29. The third-order valence-corrected chi connectivity index (χ3v) is 5.26. The summed E-state index contributed by atoms with van der Waals surface area (Å²) < 4.78 is 15.3. The summed E-state index contributed by atoms with van der Waals surface area (Å²) in [5, 5.41) is 3.83. The number of nitrogens with one attached hydrogen (secondary N) is 1. The second-order valence-corrected chi connectivity index (χ2v) is 7.29. The molecule has 3 rings (SSSR count). The molecule has 156 valence electrons. The minimum Gasteiger partial charge on any atom is -0.497 e. The number of nitrogens with zero attached hydrogens (tertiary/aromatic N) is 1. The van der Waals surface area contributed by atoms with E-state index < -0.39 is 0 Å². The van der Waals surface area contributed by atoms with Crippen LogP contribution in [0.25, 0.3) is 0 Å². The van der Waals surface area contributed by atoms with Gasteiger partial charge in [-0.3, -0.25) is 9.59 Å². The Hall–Kier alpha value is -3.26. The molecule has 1 N–H and O–H groups in total. The predicted molar refractivity (Wildman–Crippen MR) is 118 cm³/mol. The van der Waals surface area contributed by atoms with Crippen LogP contribution in [0.15, 0.2) is 59.2 Å². The topological polar surface area (TPSA) is 86.2 Å². The lowest BCUT2D eigenvalue weighted by Gasteiger charge is -2.10. The number of hydrogen-bond acceptors (Lipinski definition) is 8. The van der Waals surface area contributed by atoms with Crippen LogP contribution in [0.3, 0.4) is 0 Å². The Labute approximate surface area is 179 Å². The molecule has 30 heavy (non-hydrogen) atoms. The lowest BCUT2D eigenvalue weighted by molar-refractivity contribution is -0.139. The van der Waals surface area contributed by atoms with E-state index in [0.717, 1.165) is 11.4 Å². The summed E-state index contributed by atoms with van der Waals surface area (Å²) in [5.74, 6) is 0.723. The standard InChI is InChI=1S/C22H22N2O5S/c1-27-15-8-9-20(28-2)16(12-15)19(25)13-30-21-10-14(11-22(26)29-3)23-17-6-4-5-7-18(17)24-21/h4-10,12,23H,11,13H2,1-3H3. The van der Waals surface area contributed by atoms with Crippen LogP contribution in [-0.4, -0.2) is 43.9 Å². The van der Waals surface area contributed by atoms with E-state index in [1.165, 1.54) is 26.0 Å². The number of para-hydroxylation sites is 2. The molecule has 1 aliphatic rings. The van der Waals surface area contributed by atoms with Crippen LogP contribution in [-0.2, 0) is 9.53 Å². The fourth-order valence-electron chi connectivity index (χ4n) is 2.83. The Morgan fingerprint density at radius 2 is 1.87 bits per heavy atom. The molecule has 0 saturated heterocycles. The van der Waals surface area contributed by atoms with Crippen LogP contribution in [0.1, 0.15) is 16.8 Å². The van der Waals surface area contributed by atoms with Crippen LogP contribution in [0, 0.1) is 0 Å². The summed E-state index contributed by atoms with van der Waals surface area (Å²) in [4.78, 5) is 29.3. The maximum atomic E-state index is 12.9. The minimum atomic E-state index is -0.366. The van der Waals surface area contributed by atoms with Crippen molar-refractivity contribution in [2.45, 2.75) is 6.42 Å². The molecule has 0 radical (unpaired) electrons. The highest BCUT2D eigenvalue weighted by Crippen LogP contribution is 2.32. The molecular formula is C22H22N2O5S. The first-order chi connectivity index (χ1) is 14.5. The third-order valence-electron chi connectivity index (χ3n) is 4.35. The van der Waals surface area contributed by atoms with Crippen molar-refractivity contribution in [2.75, 3.05) is 32.4 Å². The molecule has 0 fully saturated rings. The first-order valence-corrected chi connectivity index (χ1v) is 10.1. The van der Waals surface area contributed by atoms with Gasteiger partial charge in [0.05, 0.1) is 55.5 Å². The number of fused-ring (bicyclic) bond motifs is 1. The molecular weight excluding hydrogens is 404 g/mol. The number of carbonyl (C=O) groups excluding carboxylic acids is 2. The van der Waals surface area contributed by atoms with E-state index in [9.17, 15) is 9.59 Å². The number of esters is 1. The summed E-state index contributed by atoms with van der Waals surface area (Å²) in [6, 6.07) is 12.6. The van der Waals surface area contributed by atoms with Crippen molar-refractivity contribution in [1.29, 1.82) is 0 Å². The zero-order chi connectivity index (χ0) is 21.5. The van der Waals surface area contributed by atoms with Gasteiger partial charge in [-0.15, -0.1) is 0 Å². The lowest BCUT2D eigenvalue weighted by atomic mass is 10.1. The molecule has 1 heterocycles. The average Bonchev–Trinajstić information content (AvgIpc) is 2.95. The van der Waals surface area contributed by atoms with E-state index in [4.69, 9.17) is 14.2 Å². The van der Waals surface area contributed by atoms with Gasteiger partial charge in [-0.05, 0) is 36.4 Å². The molecule has 1 aliphatic heterocycles. The Kier molecular flexibility index (Phi) is 7.13. The van der Waals surface area contributed by atoms with E-state index in [-0.39, 0.29) is 23.9 Å². The normalized spacial score (nSPS) is 12.5. The number of ketones is 1. The minimum absolute atomic E-state index is 0.0715. The Morgan fingerprint density at radius 3 is 2.60 bits per heavy atom. The van der Waals surface area contributed by atoms with Gasteiger partial charge in [0.15, 0.2) is 5.78 Å². The first-order valence-electron chi connectivity index (χ1n) is 9.14. The smallest absolute Gasteiger partial charge is 0.311 e. The quantitative estimate of drug-likeness (QED) is 0.524. The fourth-order valence-corrected chi connectivity index (χ4v) is 3.65. The summed E-state index contributed by atoms with van der Waals surface area (Å²) in [7, 11) is 4.41. The molecule has 0 amide bonds. The molecule has 0 spiro atoms. The summed E-state index contributed by atoms with van der Waals surface area (Å²) in [5.41, 5.74) is 2.59. The number of rotatable bonds is 7. The van der Waals surface area contributed by atoms with Gasteiger partial charge in [0.2, 0.25) is 0 Å². The fraction of sp³-hybridized carbons (Fsp3) is 0.227. The molecule has 0 atom stereocenters. The van der Waals surface area contributed by atoms with Crippen LogP contribution in [0.4, 0.5) is 11.4 Å². The van der Waals surface area contributed by atoms with Gasteiger partial charge in [-0.1, -0.05) is 23.9 Å². The van der Waals surface area contributed by atoms with E-state index in [0.29, 0.717) is 27.8 Å². The second kappa shape index (κ2) is 9.98. The molecule has 8 heteroatoms. The van der Waals surface area contributed by atoms with Crippen molar-refractivity contribution >= 4 is 39.9 Å². The van der Waals surface area contributed by atoms with Gasteiger partial charge in [0, 0.05) is 5.70 Å². The number of Topliss-reactive ketones (excluding diaryl/α,β-unsaturated/α-hetero) is 1. The third kappa shape index (κ3) is 5.21. The van der Waals surface area contributed by atoms with E-state index in [2.05, 4.69) is 10.3 Å². The highest BCUT2D eigenvalue weighted by Gasteiger charge is 2.18. The van der Waals surface area contributed by atoms with Crippen LogP contribution >= 0.6 is 11.8 Å². The van der Waals surface area contributed by atoms with Crippen molar-refractivity contribution in [1.82, 2.24) is 0 Å². The first kappa shape index (κ1) is 21.4. The monoisotopic (exact) mass is 426 g/mol. The van der Waals surface area contributed by atoms with Crippen molar-refractivity contribution in [2.24, 2.45) is 4.99 Å². The summed E-state index contributed by atoms with van der Waals surface area (Å²) in [6.07, 6.45) is 1.83. The molecule has 0 bridgehead atoms. The van der Waals surface area contributed by atoms with E-state index in [1.807, 2.05) is 24.3 Å². The molecule has 2 aromatic carbocycles. The largest absolute Gasteiger partial charge is 0.497 e. The van der Waals surface area contributed by atoms with Crippen molar-refractivity contribution in [3.05, 3.63) is 59.8 Å². The maximum Gasteiger partial charge on any atom is 0.311 e. The van der Waals surface area contributed by atoms with E-state index in [1.54, 1.807) is 31.4 Å². The highest BCUT2D eigenvalue weighted by atomic mass is 32.2. The Bertz CT molecular complexity index is 1020. The van der Waals surface area contributed by atoms with Crippen molar-refractivity contribution in [3.8, 4) is 11.5 Å². The van der Waals surface area contributed by atoms with E-state index >= 15 is 0 Å². The lowest BCUT2D eigenvalue weighted by Crippen LogP contribution is -2.09. The number of benzene rings is 2. The Morgan fingerprint density at radius 1 is 1.07 bits per heavy atom. The molecule has 7 nitrogen and oxygen atoms in total. The highest BCUT2D eigenvalue weighted by molar-refractivity contribution is 8.14.